The van der Waals surface area contributed by atoms with E-state index in [-0.39, 0.29) is 5.57 Å². The molecule has 3 N–H and O–H groups in total. The van der Waals surface area contributed by atoms with Crippen molar-refractivity contribution in [3.63, 3.8) is 0 Å². The maximum absolute atomic E-state index is 12.5. The highest BCUT2D eigenvalue weighted by molar-refractivity contribution is 6.31. The Kier molecular flexibility index (Phi) is 6.93. The molecule has 0 radical (unpaired) electrons. The number of ether oxygens (including phenoxy) is 1. The average molecular weight is 419 g/mol. The summed E-state index contributed by atoms with van der Waals surface area (Å²) in [6.07, 6.45) is 1.35. The number of amides is 1. The molecule has 1 amide bonds. The molecule has 0 aromatic heterocycles. The number of benzene rings is 3. The van der Waals surface area contributed by atoms with Crippen LogP contribution in [0.15, 0.2) is 84.6 Å². The summed E-state index contributed by atoms with van der Waals surface area (Å²) < 4.78 is 5.20. The zero-order valence-corrected chi connectivity index (χ0v) is 16.9. The Hall–Kier alpha value is -3.95. The molecule has 150 valence electrons. The Morgan fingerprint density at radius 2 is 1.67 bits per heavy atom. The lowest BCUT2D eigenvalue weighted by molar-refractivity contribution is -0.112. The number of para-hydroxylation sites is 1. The Morgan fingerprint density at radius 1 is 1.00 bits per heavy atom. The molecule has 0 aliphatic rings. The summed E-state index contributed by atoms with van der Waals surface area (Å²) in [6.45, 7) is 0. The zero-order valence-electron chi connectivity index (χ0n) is 16.1. The van der Waals surface area contributed by atoms with Crippen LogP contribution in [0.5, 0.6) is 5.75 Å². The van der Waals surface area contributed by atoms with E-state index in [1.54, 1.807) is 18.2 Å². The van der Waals surface area contributed by atoms with Gasteiger partial charge in [-0.1, -0.05) is 29.8 Å². The van der Waals surface area contributed by atoms with Crippen molar-refractivity contribution >= 4 is 40.3 Å². The van der Waals surface area contributed by atoms with Crippen molar-refractivity contribution in [3.05, 3.63) is 89.6 Å². The summed E-state index contributed by atoms with van der Waals surface area (Å²) in [4.78, 5) is 12.5. The first kappa shape index (κ1) is 20.8. The van der Waals surface area contributed by atoms with Gasteiger partial charge < -0.3 is 20.7 Å². The summed E-state index contributed by atoms with van der Waals surface area (Å²) in [5.41, 5.74) is 2.92. The predicted octanol–water partition coefficient (Wildman–Crippen LogP) is 5.55. The fourth-order valence-electron chi connectivity index (χ4n) is 2.61. The second kappa shape index (κ2) is 10.0. The van der Waals surface area contributed by atoms with Crippen molar-refractivity contribution in [1.82, 2.24) is 0 Å². The van der Waals surface area contributed by atoms with E-state index in [4.69, 9.17) is 16.3 Å². The smallest absolute Gasteiger partial charge is 0.267 e. The number of anilines is 4. The summed E-state index contributed by atoms with van der Waals surface area (Å²) >= 11 is 5.97. The fraction of sp³-hybridized carbons (Fsp3) is 0.0435. The molecule has 0 aliphatic heterocycles. The van der Waals surface area contributed by atoms with Crippen molar-refractivity contribution in [1.29, 1.82) is 5.26 Å². The highest BCUT2D eigenvalue weighted by Gasteiger charge is 2.13. The number of nitrogens with zero attached hydrogens (tertiary/aromatic N) is 1. The minimum atomic E-state index is -0.576. The van der Waals surface area contributed by atoms with Gasteiger partial charge in [-0.15, -0.1) is 0 Å². The van der Waals surface area contributed by atoms with E-state index >= 15 is 0 Å². The van der Waals surface area contributed by atoms with E-state index in [1.807, 2.05) is 60.7 Å². The molecule has 0 atom stereocenters. The van der Waals surface area contributed by atoms with Gasteiger partial charge in [0, 0.05) is 28.3 Å². The van der Waals surface area contributed by atoms with Gasteiger partial charge in [0.25, 0.3) is 5.91 Å². The molecular formula is C23H19ClN4O2. The summed E-state index contributed by atoms with van der Waals surface area (Å²) in [6, 6.07) is 24.0. The largest absolute Gasteiger partial charge is 0.495 e. The number of nitriles is 1. The molecule has 0 aliphatic carbocycles. The van der Waals surface area contributed by atoms with Gasteiger partial charge in [0.2, 0.25) is 0 Å². The number of nitrogens with one attached hydrogen (secondary N) is 3. The highest BCUT2D eigenvalue weighted by atomic mass is 35.5. The molecule has 30 heavy (non-hydrogen) atoms. The van der Waals surface area contributed by atoms with Gasteiger partial charge in [0.05, 0.1) is 12.8 Å². The molecule has 0 unspecified atom stereocenters. The zero-order chi connectivity index (χ0) is 21.3. The van der Waals surface area contributed by atoms with E-state index in [1.165, 1.54) is 13.3 Å². The van der Waals surface area contributed by atoms with Crippen LogP contribution in [0.1, 0.15) is 0 Å². The van der Waals surface area contributed by atoms with E-state index in [2.05, 4.69) is 16.0 Å². The van der Waals surface area contributed by atoms with Gasteiger partial charge >= 0.3 is 0 Å². The van der Waals surface area contributed by atoms with Crippen LogP contribution in [0.2, 0.25) is 5.02 Å². The van der Waals surface area contributed by atoms with Gasteiger partial charge in [-0.05, 0) is 54.6 Å². The molecule has 0 heterocycles. The maximum Gasteiger partial charge on any atom is 0.267 e. The molecule has 3 rings (SSSR count). The first-order valence-corrected chi connectivity index (χ1v) is 9.40. The predicted molar refractivity (Wildman–Crippen MR) is 120 cm³/mol. The van der Waals surface area contributed by atoms with Crippen LogP contribution in [0.25, 0.3) is 0 Å². The fourth-order valence-corrected chi connectivity index (χ4v) is 2.78. The van der Waals surface area contributed by atoms with Crippen LogP contribution >= 0.6 is 11.6 Å². The Labute approximate surface area is 179 Å². The Morgan fingerprint density at radius 3 is 2.33 bits per heavy atom. The molecular weight excluding hydrogens is 400 g/mol. The third-order valence-corrected chi connectivity index (χ3v) is 4.34. The van der Waals surface area contributed by atoms with Gasteiger partial charge in [-0.25, -0.2) is 0 Å². The molecule has 0 saturated heterocycles. The van der Waals surface area contributed by atoms with E-state index in [0.29, 0.717) is 16.5 Å². The van der Waals surface area contributed by atoms with Crippen LogP contribution in [0.4, 0.5) is 22.7 Å². The van der Waals surface area contributed by atoms with Crippen LogP contribution in [0, 0.1) is 11.3 Å². The number of rotatable bonds is 7. The monoisotopic (exact) mass is 418 g/mol. The molecule has 0 saturated carbocycles. The summed E-state index contributed by atoms with van der Waals surface area (Å²) in [5.74, 6) is -0.132. The van der Waals surface area contributed by atoms with Crippen LogP contribution in [-0.2, 0) is 4.79 Å². The van der Waals surface area contributed by atoms with E-state index in [9.17, 15) is 10.1 Å². The number of carbonyl (C=O) groups is 1. The van der Waals surface area contributed by atoms with Crippen molar-refractivity contribution < 1.29 is 9.53 Å². The van der Waals surface area contributed by atoms with Crippen molar-refractivity contribution in [2.45, 2.75) is 0 Å². The molecule has 6 nitrogen and oxygen atoms in total. The van der Waals surface area contributed by atoms with Crippen LogP contribution in [0.3, 0.4) is 0 Å². The van der Waals surface area contributed by atoms with Crippen molar-refractivity contribution in [3.8, 4) is 11.8 Å². The third-order valence-electron chi connectivity index (χ3n) is 4.11. The number of methoxy groups -OCH3 is 1. The SMILES string of the molecule is COc1ccc(Cl)cc1NC(=O)/C(C#N)=C\Nc1ccc(Nc2ccccc2)cc1. The molecule has 3 aromatic carbocycles. The van der Waals surface area contributed by atoms with Gasteiger partial charge in [0.15, 0.2) is 0 Å². The lowest BCUT2D eigenvalue weighted by Crippen LogP contribution is -2.15. The van der Waals surface area contributed by atoms with Crippen LogP contribution < -0.4 is 20.7 Å². The van der Waals surface area contributed by atoms with Crippen molar-refractivity contribution in [2.75, 3.05) is 23.1 Å². The normalized spacial score (nSPS) is 10.6. The maximum atomic E-state index is 12.5. The summed E-state index contributed by atoms with van der Waals surface area (Å²) in [7, 11) is 1.48. The molecule has 0 bridgehead atoms. The number of hydrogen-bond donors (Lipinski definition) is 3. The highest BCUT2D eigenvalue weighted by Crippen LogP contribution is 2.28. The standard InChI is InChI=1S/C23H19ClN4O2/c1-30-22-12-7-17(24)13-21(22)28-23(29)16(14-25)15-26-18-8-10-20(11-9-18)27-19-5-3-2-4-6-19/h2-13,15,26-27H,1H3,(H,28,29)/b16-15-. The lowest BCUT2D eigenvalue weighted by Gasteiger charge is -2.10. The second-order valence-electron chi connectivity index (χ2n) is 6.18. The molecule has 0 fully saturated rings. The first-order valence-electron chi connectivity index (χ1n) is 9.03. The van der Waals surface area contributed by atoms with Crippen molar-refractivity contribution in [2.24, 2.45) is 0 Å². The van der Waals surface area contributed by atoms with Crippen LogP contribution in [-0.4, -0.2) is 13.0 Å². The second-order valence-corrected chi connectivity index (χ2v) is 6.62. The van der Waals surface area contributed by atoms with E-state index in [0.717, 1.165) is 17.1 Å². The van der Waals surface area contributed by atoms with Gasteiger partial charge in [-0.2, -0.15) is 5.26 Å². The van der Waals surface area contributed by atoms with Gasteiger partial charge in [0.1, 0.15) is 17.4 Å². The Bertz CT molecular complexity index is 1090. The van der Waals surface area contributed by atoms with E-state index < -0.39 is 5.91 Å². The molecule has 7 heteroatoms. The topological polar surface area (TPSA) is 86.2 Å². The molecule has 3 aromatic rings. The third kappa shape index (κ3) is 5.53. The lowest BCUT2D eigenvalue weighted by atomic mass is 10.2. The Balaban J connectivity index is 1.66. The minimum absolute atomic E-state index is 0.0940. The summed E-state index contributed by atoms with van der Waals surface area (Å²) in [5, 5.41) is 18.7. The number of halogens is 1. The number of carbonyl (C=O) groups excluding carboxylic acids is 1. The minimum Gasteiger partial charge on any atom is -0.495 e. The molecule has 0 spiro atoms. The average Bonchev–Trinajstić information content (AvgIpc) is 2.76. The first-order chi connectivity index (χ1) is 14.6. The number of hydrogen-bond acceptors (Lipinski definition) is 5. The quantitative estimate of drug-likeness (QED) is 0.346. The van der Waals surface area contributed by atoms with Gasteiger partial charge in [-0.3, -0.25) is 4.79 Å².